The van der Waals surface area contributed by atoms with Gasteiger partial charge in [-0.05, 0) is 44.5 Å². The first kappa shape index (κ1) is 26.7. The molecule has 184 valence electrons. The van der Waals surface area contributed by atoms with Crippen molar-refractivity contribution in [2.45, 2.75) is 90.7 Å². The zero-order chi connectivity index (χ0) is 24.1. The van der Waals surface area contributed by atoms with Crippen molar-refractivity contribution in [3.63, 3.8) is 0 Å². The van der Waals surface area contributed by atoms with Crippen LogP contribution < -0.4 is 10.1 Å². The molecule has 1 atom stereocenters. The minimum atomic E-state index is -0.857. The average Bonchev–Trinajstić information content (AvgIpc) is 2.79. The number of piperazine rings is 1. The Morgan fingerprint density at radius 2 is 1.67 bits per heavy atom. The number of nitrogens with one attached hydrogen (secondary N) is 1. The Hall–Kier alpha value is -2.57. The average molecular weight is 461 g/mol. The number of nitrogens with zero attached hydrogens (tertiary/aromatic N) is 1. The molecule has 1 unspecified atom stereocenters. The van der Waals surface area contributed by atoms with Crippen molar-refractivity contribution in [2.75, 3.05) is 19.7 Å². The summed E-state index contributed by atoms with van der Waals surface area (Å²) in [6.07, 6.45) is 9.23. The van der Waals surface area contributed by atoms with Gasteiger partial charge in [0.2, 0.25) is 5.91 Å². The van der Waals surface area contributed by atoms with Crippen molar-refractivity contribution in [1.29, 1.82) is 0 Å². The topological polar surface area (TPSA) is 84.9 Å². The number of amides is 2. The third kappa shape index (κ3) is 9.44. The number of rotatable bonds is 14. The van der Waals surface area contributed by atoms with Crippen molar-refractivity contribution >= 4 is 17.8 Å². The third-order valence-corrected chi connectivity index (χ3v) is 5.69. The summed E-state index contributed by atoms with van der Waals surface area (Å²) in [5.41, 5.74) is 0.457. The highest BCUT2D eigenvalue weighted by Crippen LogP contribution is 2.18. The van der Waals surface area contributed by atoms with E-state index < -0.39 is 12.0 Å². The molecule has 1 N–H and O–H groups in total. The van der Waals surface area contributed by atoms with Crippen LogP contribution in [0.3, 0.4) is 0 Å². The van der Waals surface area contributed by atoms with Gasteiger partial charge in [-0.1, -0.05) is 51.9 Å². The van der Waals surface area contributed by atoms with Crippen LogP contribution in [0.5, 0.6) is 5.75 Å². The lowest BCUT2D eigenvalue weighted by Gasteiger charge is -2.34. The van der Waals surface area contributed by atoms with E-state index in [1.165, 1.54) is 37.0 Å². The fourth-order valence-electron chi connectivity index (χ4n) is 3.91. The molecule has 0 aromatic heterocycles. The summed E-state index contributed by atoms with van der Waals surface area (Å²) in [5, 5.41) is 2.75. The van der Waals surface area contributed by atoms with E-state index in [9.17, 15) is 14.4 Å². The lowest BCUT2D eigenvalue weighted by Crippen LogP contribution is -2.57. The van der Waals surface area contributed by atoms with Crippen LogP contribution in [0.25, 0.3) is 0 Å². The van der Waals surface area contributed by atoms with Crippen LogP contribution in [0.1, 0.15) is 88.9 Å². The summed E-state index contributed by atoms with van der Waals surface area (Å²) in [5.74, 6) is -0.363. The molecule has 1 aromatic carbocycles. The molecule has 0 spiro atoms. The number of unbranched alkanes of at least 4 members (excludes halogenated alkanes) is 7. The van der Waals surface area contributed by atoms with E-state index in [0.717, 1.165) is 19.3 Å². The summed E-state index contributed by atoms with van der Waals surface area (Å²) in [4.78, 5) is 39.3. The minimum absolute atomic E-state index is 0.0403. The molecule has 1 aliphatic rings. The van der Waals surface area contributed by atoms with Gasteiger partial charge in [-0.15, -0.1) is 0 Å². The highest BCUT2D eigenvalue weighted by Gasteiger charge is 2.35. The maximum atomic E-state index is 13.1. The van der Waals surface area contributed by atoms with E-state index >= 15 is 0 Å². The molecule has 2 amide bonds. The molecule has 0 bridgehead atoms. The molecular formula is C26H40N2O5. The Morgan fingerprint density at radius 1 is 1.03 bits per heavy atom. The smallest absolute Gasteiger partial charge is 0.308 e. The first-order valence-electron chi connectivity index (χ1n) is 12.4. The van der Waals surface area contributed by atoms with Gasteiger partial charge in [0.15, 0.2) is 0 Å². The Balaban J connectivity index is 1.81. The van der Waals surface area contributed by atoms with E-state index in [4.69, 9.17) is 9.47 Å². The second kappa shape index (κ2) is 14.6. The van der Waals surface area contributed by atoms with Gasteiger partial charge in [0.25, 0.3) is 5.91 Å². The predicted octanol–water partition coefficient (Wildman–Crippen LogP) is 4.49. The van der Waals surface area contributed by atoms with Crippen molar-refractivity contribution in [3.8, 4) is 5.75 Å². The van der Waals surface area contributed by atoms with E-state index in [1.807, 2.05) is 13.8 Å². The molecule has 1 aliphatic heterocycles. The Kier molecular flexibility index (Phi) is 11.8. The molecule has 1 aromatic rings. The van der Waals surface area contributed by atoms with Crippen LogP contribution in [0.15, 0.2) is 24.3 Å². The Morgan fingerprint density at radius 3 is 2.30 bits per heavy atom. The van der Waals surface area contributed by atoms with Gasteiger partial charge in [-0.25, -0.2) is 0 Å². The van der Waals surface area contributed by atoms with E-state index in [0.29, 0.717) is 31.0 Å². The van der Waals surface area contributed by atoms with Crippen molar-refractivity contribution < 1.29 is 23.9 Å². The summed E-state index contributed by atoms with van der Waals surface area (Å²) < 4.78 is 11.0. The standard InChI is InChI=1S/C26H40N2O5/c1-4-5-6-7-8-9-10-11-18-32-24(29)19-23-25(30)27-16-17-28(23)26(31)21-12-14-22(15-13-21)33-20(2)3/h12-15,20,23H,4-11,16-19H2,1-3H3,(H,27,30). The number of carbonyl (C=O) groups is 3. The molecule has 2 rings (SSSR count). The normalized spacial score (nSPS) is 15.9. The number of esters is 1. The molecule has 7 nitrogen and oxygen atoms in total. The van der Waals surface area contributed by atoms with Crippen LogP contribution in [0.4, 0.5) is 0 Å². The largest absolute Gasteiger partial charge is 0.491 e. The summed E-state index contributed by atoms with van der Waals surface area (Å²) in [7, 11) is 0. The SMILES string of the molecule is CCCCCCCCCCOC(=O)CC1C(=O)NCCN1C(=O)c1ccc(OC(C)C)cc1. The van der Waals surface area contributed by atoms with Crippen molar-refractivity contribution in [2.24, 2.45) is 0 Å². The highest BCUT2D eigenvalue weighted by molar-refractivity contribution is 5.99. The van der Waals surface area contributed by atoms with Crippen LogP contribution in [0, 0.1) is 0 Å². The quantitative estimate of drug-likeness (QED) is 0.327. The summed E-state index contributed by atoms with van der Waals surface area (Å²) in [6, 6.07) is 5.99. The van der Waals surface area contributed by atoms with E-state index in [2.05, 4.69) is 12.2 Å². The van der Waals surface area contributed by atoms with Crippen LogP contribution >= 0.6 is 0 Å². The Labute approximate surface area is 198 Å². The molecule has 0 aliphatic carbocycles. The monoisotopic (exact) mass is 460 g/mol. The lowest BCUT2D eigenvalue weighted by atomic mass is 10.1. The van der Waals surface area contributed by atoms with Crippen molar-refractivity contribution in [3.05, 3.63) is 29.8 Å². The minimum Gasteiger partial charge on any atom is -0.491 e. The lowest BCUT2D eigenvalue weighted by molar-refractivity contribution is -0.147. The van der Waals surface area contributed by atoms with Gasteiger partial charge in [0.05, 0.1) is 19.1 Å². The van der Waals surface area contributed by atoms with Gasteiger partial charge in [0, 0.05) is 18.7 Å². The molecule has 0 radical (unpaired) electrons. The molecule has 0 saturated carbocycles. The maximum absolute atomic E-state index is 13.1. The maximum Gasteiger partial charge on any atom is 0.308 e. The first-order valence-corrected chi connectivity index (χ1v) is 12.4. The first-order chi connectivity index (χ1) is 15.9. The summed E-state index contributed by atoms with van der Waals surface area (Å²) >= 11 is 0. The number of hydrogen-bond donors (Lipinski definition) is 1. The number of benzene rings is 1. The van der Waals surface area contributed by atoms with Crippen molar-refractivity contribution in [1.82, 2.24) is 10.2 Å². The fourth-order valence-corrected chi connectivity index (χ4v) is 3.91. The number of hydrogen-bond acceptors (Lipinski definition) is 5. The molecule has 1 fully saturated rings. The van der Waals surface area contributed by atoms with Crippen LogP contribution in [0.2, 0.25) is 0 Å². The molecule has 7 heteroatoms. The second-order valence-electron chi connectivity index (χ2n) is 8.90. The Bertz CT molecular complexity index is 748. The third-order valence-electron chi connectivity index (χ3n) is 5.69. The van der Waals surface area contributed by atoms with Crippen LogP contribution in [-0.2, 0) is 14.3 Å². The van der Waals surface area contributed by atoms with Gasteiger partial charge in [-0.2, -0.15) is 0 Å². The van der Waals surface area contributed by atoms with Gasteiger partial charge < -0.3 is 19.7 Å². The molecule has 1 heterocycles. The fraction of sp³-hybridized carbons (Fsp3) is 0.654. The van der Waals surface area contributed by atoms with E-state index in [1.54, 1.807) is 24.3 Å². The van der Waals surface area contributed by atoms with Gasteiger partial charge >= 0.3 is 5.97 Å². The van der Waals surface area contributed by atoms with E-state index in [-0.39, 0.29) is 24.3 Å². The number of carbonyl (C=O) groups excluding carboxylic acids is 3. The predicted molar refractivity (Wildman–Crippen MR) is 128 cm³/mol. The molecule has 33 heavy (non-hydrogen) atoms. The zero-order valence-electron chi connectivity index (χ0n) is 20.4. The highest BCUT2D eigenvalue weighted by atomic mass is 16.5. The second-order valence-corrected chi connectivity index (χ2v) is 8.90. The molecular weight excluding hydrogens is 420 g/mol. The number of ether oxygens (including phenoxy) is 2. The molecule has 1 saturated heterocycles. The zero-order valence-corrected chi connectivity index (χ0v) is 20.4. The summed E-state index contributed by atoms with van der Waals surface area (Å²) in [6.45, 7) is 7.15. The van der Waals surface area contributed by atoms with Gasteiger partial charge in [0.1, 0.15) is 11.8 Å². The van der Waals surface area contributed by atoms with Gasteiger partial charge in [-0.3, -0.25) is 14.4 Å². The van der Waals surface area contributed by atoms with Crippen LogP contribution in [-0.4, -0.2) is 54.5 Å².